The van der Waals surface area contributed by atoms with Crippen LogP contribution in [0.15, 0.2) is 23.2 Å². The van der Waals surface area contributed by atoms with E-state index in [0.29, 0.717) is 44.6 Å². The summed E-state index contributed by atoms with van der Waals surface area (Å²) in [6, 6.07) is 4.28. The zero-order valence-corrected chi connectivity index (χ0v) is 20.7. The summed E-state index contributed by atoms with van der Waals surface area (Å²) in [6.07, 6.45) is 4.47. The van der Waals surface area contributed by atoms with Crippen LogP contribution in [-0.2, 0) is 4.79 Å². The minimum atomic E-state index is -0.540. The first-order chi connectivity index (χ1) is 14.5. The molecule has 2 aliphatic heterocycles. The van der Waals surface area contributed by atoms with E-state index >= 15 is 0 Å². The van der Waals surface area contributed by atoms with Gasteiger partial charge in [0, 0.05) is 44.7 Å². The molecule has 2 heterocycles. The molecule has 174 valence electrons. The zero-order chi connectivity index (χ0) is 21.5. The van der Waals surface area contributed by atoms with Gasteiger partial charge in [0.25, 0.3) is 0 Å². The quantitative estimate of drug-likeness (QED) is 0.324. The van der Waals surface area contributed by atoms with Crippen molar-refractivity contribution in [1.82, 2.24) is 15.5 Å². The van der Waals surface area contributed by atoms with E-state index in [4.69, 9.17) is 0 Å². The van der Waals surface area contributed by atoms with Crippen molar-refractivity contribution >= 4 is 41.5 Å². The molecule has 2 N–H and O–H groups in total. The summed E-state index contributed by atoms with van der Waals surface area (Å²) < 4.78 is 28.1. The molecule has 9 heteroatoms. The Morgan fingerprint density at radius 1 is 1.19 bits per heavy atom. The van der Waals surface area contributed by atoms with E-state index in [2.05, 4.69) is 22.5 Å². The van der Waals surface area contributed by atoms with Crippen molar-refractivity contribution in [3.63, 3.8) is 0 Å². The predicted octanol–water partition coefficient (Wildman–Crippen LogP) is 3.51. The number of hydrogen-bond donors (Lipinski definition) is 2. The number of benzene rings is 1. The Morgan fingerprint density at radius 3 is 2.61 bits per heavy atom. The van der Waals surface area contributed by atoms with E-state index in [1.54, 1.807) is 4.90 Å². The van der Waals surface area contributed by atoms with Crippen molar-refractivity contribution in [2.24, 2.45) is 4.99 Å². The van der Waals surface area contributed by atoms with Gasteiger partial charge in [-0.25, -0.2) is 8.78 Å². The van der Waals surface area contributed by atoms with Gasteiger partial charge in [-0.05, 0) is 51.7 Å². The van der Waals surface area contributed by atoms with Crippen LogP contribution in [0.4, 0.5) is 14.5 Å². The molecular formula is C22H34F2IN5O. The normalized spacial score (nSPS) is 21.6. The van der Waals surface area contributed by atoms with Gasteiger partial charge in [-0.1, -0.05) is 6.07 Å². The largest absolute Gasteiger partial charge is 0.365 e. The lowest BCUT2D eigenvalue weighted by Crippen LogP contribution is -2.45. The van der Waals surface area contributed by atoms with E-state index < -0.39 is 11.6 Å². The molecule has 1 aromatic carbocycles. The van der Waals surface area contributed by atoms with Crippen molar-refractivity contribution in [3.8, 4) is 0 Å². The molecule has 0 spiro atoms. The molecule has 31 heavy (non-hydrogen) atoms. The molecule has 0 bridgehead atoms. The summed E-state index contributed by atoms with van der Waals surface area (Å²) in [5.41, 5.74) is 0.0324. The molecule has 2 unspecified atom stereocenters. The number of halogens is 3. The Morgan fingerprint density at radius 2 is 1.94 bits per heavy atom. The summed E-state index contributed by atoms with van der Waals surface area (Å²) in [5, 5.41) is 6.54. The molecule has 2 saturated heterocycles. The maximum atomic E-state index is 14.1. The molecule has 3 rings (SSSR count). The van der Waals surface area contributed by atoms with Crippen molar-refractivity contribution in [1.29, 1.82) is 0 Å². The SMILES string of the molecule is CCNC(=NCCC(=O)N1CCCCC1C)NC1CCN(c2c(F)cccc2F)C1.I. The molecule has 0 radical (unpaired) electrons. The summed E-state index contributed by atoms with van der Waals surface area (Å²) in [4.78, 5) is 20.7. The van der Waals surface area contributed by atoms with Crippen LogP contribution in [0.2, 0.25) is 0 Å². The highest BCUT2D eigenvalue weighted by Gasteiger charge is 2.27. The van der Waals surface area contributed by atoms with Gasteiger partial charge in [0.05, 0.1) is 6.54 Å². The number of piperidine rings is 1. The number of nitrogens with zero attached hydrogens (tertiary/aromatic N) is 3. The van der Waals surface area contributed by atoms with Gasteiger partial charge in [-0.3, -0.25) is 9.79 Å². The topological polar surface area (TPSA) is 60.0 Å². The first-order valence-corrected chi connectivity index (χ1v) is 11.0. The van der Waals surface area contributed by atoms with Crippen molar-refractivity contribution in [2.45, 2.75) is 58.0 Å². The van der Waals surface area contributed by atoms with Crippen LogP contribution in [-0.4, -0.2) is 61.6 Å². The average molecular weight is 549 g/mol. The van der Waals surface area contributed by atoms with Gasteiger partial charge in [-0.15, -0.1) is 24.0 Å². The first-order valence-electron chi connectivity index (χ1n) is 11.0. The van der Waals surface area contributed by atoms with Crippen molar-refractivity contribution in [3.05, 3.63) is 29.8 Å². The highest BCUT2D eigenvalue weighted by Crippen LogP contribution is 2.26. The molecule has 1 amide bonds. The number of hydrogen-bond acceptors (Lipinski definition) is 3. The van der Waals surface area contributed by atoms with Gasteiger partial charge in [-0.2, -0.15) is 0 Å². The van der Waals surface area contributed by atoms with E-state index in [0.717, 1.165) is 25.8 Å². The van der Waals surface area contributed by atoms with Gasteiger partial charge >= 0.3 is 0 Å². The van der Waals surface area contributed by atoms with Gasteiger partial charge in [0.2, 0.25) is 5.91 Å². The van der Waals surface area contributed by atoms with Crippen molar-refractivity contribution in [2.75, 3.05) is 37.6 Å². The molecule has 6 nitrogen and oxygen atoms in total. The van der Waals surface area contributed by atoms with Gasteiger partial charge in [0.15, 0.2) is 5.96 Å². The highest BCUT2D eigenvalue weighted by atomic mass is 127. The highest BCUT2D eigenvalue weighted by molar-refractivity contribution is 14.0. The van der Waals surface area contributed by atoms with Crippen LogP contribution in [0.25, 0.3) is 0 Å². The lowest BCUT2D eigenvalue weighted by atomic mass is 10.0. The Balaban J connectivity index is 0.00000341. The van der Waals surface area contributed by atoms with Gasteiger partial charge in [0.1, 0.15) is 17.3 Å². The lowest BCUT2D eigenvalue weighted by Gasteiger charge is -2.33. The molecular weight excluding hydrogens is 515 g/mol. The van der Waals surface area contributed by atoms with Crippen LogP contribution in [0, 0.1) is 11.6 Å². The fourth-order valence-corrected chi connectivity index (χ4v) is 4.26. The smallest absolute Gasteiger partial charge is 0.224 e. The fourth-order valence-electron chi connectivity index (χ4n) is 4.26. The average Bonchev–Trinajstić information content (AvgIpc) is 3.16. The van der Waals surface area contributed by atoms with E-state index in [1.807, 2.05) is 11.8 Å². The van der Waals surface area contributed by atoms with E-state index in [-0.39, 0.29) is 41.6 Å². The minimum absolute atomic E-state index is 0. The van der Waals surface area contributed by atoms with Crippen LogP contribution in [0.3, 0.4) is 0 Å². The molecule has 1 aromatic rings. The number of likely N-dealkylation sites (tertiary alicyclic amines) is 1. The van der Waals surface area contributed by atoms with E-state index in [9.17, 15) is 13.6 Å². The summed E-state index contributed by atoms with van der Waals surface area (Å²) in [7, 11) is 0. The first kappa shape index (κ1) is 25.6. The second-order valence-electron chi connectivity index (χ2n) is 8.09. The number of nitrogens with one attached hydrogen (secondary N) is 2. The number of aliphatic imine (C=N–C) groups is 1. The third-order valence-corrected chi connectivity index (χ3v) is 5.85. The van der Waals surface area contributed by atoms with Crippen LogP contribution >= 0.6 is 24.0 Å². The standard InChI is InChI=1S/C22H33F2N5O.HI/c1-3-25-22(26-12-10-20(30)29-13-5-4-7-16(29)2)27-17-11-14-28(15-17)21-18(23)8-6-9-19(21)24;/h6,8-9,16-17H,3-5,7,10-15H2,1-2H3,(H2,25,26,27);1H. The second kappa shape index (κ2) is 12.4. The number of rotatable bonds is 6. The summed E-state index contributed by atoms with van der Waals surface area (Å²) >= 11 is 0. The summed E-state index contributed by atoms with van der Waals surface area (Å²) in [5.74, 6) is -0.287. The number of amides is 1. The maximum Gasteiger partial charge on any atom is 0.224 e. The fraction of sp³-hybridized carbons (Fsp3) is 0.636. The Labute approximate surface area is 200 Å². The minimum Gasteiger partial charge on any atom is -0.365 e. The molecule has 0 saturated carbocycles. The van der Waals surface area contributed by atoms with Gasteiger partial charge < -0.3 is 20.4 Å². The Bertz CT molecular complexity index is 743. The van der Waals surface area contributed by atoms with Crippen LogP contribution in [0.5, 0.6) is 0 Å². The lowest BCUT2D eigenvalue weighted by molar-refractivity contribution is -0.134. The molecule has 2 fully saturated rings. The molecule has 2 atom stereocenters. The predicted molar refractivity (Wildman–Crippen MR) is 131 cm³/mol. The molecule has 0 aromatic heterocycles. The monoisotopic (exact) mass is 549 g/mol. The molecule has 2 aliphatic rings. The number of carbonyl (C=O) groups excluding carboxylic acids is 1. The third kappa shape index (κ3) is 6.92. The maximum absolute atomic E-state index is 14.1. The van der Waals surface area contributed by atoms with Crippen LogP contribution in [0.1, 0.15) is 46.0 Å². The van der Waals surface area contributed by atoms with E-state index in [1.165, 1.54) is 24.6 Å². The Kier molecular flexibility index (Phi) is 10.2. The van der Waals surface area contributed by atoms with Crippen LogP contribution < -0.4 is 15.5 Å². The number of carbonyl (C=O) groups is 1. The Hall–Kier alpha value is -1.65. The second-order valence-corrected chi connectivity index (χ2v) is 8.09. The zero-order valence-electron chi connectivity index (χ0n) is 18.4. The third-order valence-electron chi connectivity index (χ3n) is 5.85. The molecule has 0 aliphatic carbocycles. The number of para-hydroxylation sites is 1. The number of anilines is 1. The summed E-state index contributed by atoms with van der Waals surface area (Å²) in [6.45, 7) is 7.10. The van der Waals surface area contributed by atoms with Crippen molar-refractivity contribution < 1.29 is 13.6 Å². The number of guanidine groups is 1.